The quantitative estimate of drug-likeness (QED) is 0.706. The van der Waals surface area contributed by atoms with E-state index in [4.69, 9.17) is 5.26 Å². The average molecular weight is 172 g/mol. The molecule has 0 aromatic carbocycles. The fraction of sp³-hybridized carbons (Fsp3) is 0.222. The van der Waals surface area contributed by atoms with Crippen LogP contribution in [0.4, 0.5) is 0 Å². The maximum Gasteiger partial charge on any atom is 0.178 e. The van der Waals surface area contributed by atoms with Crippen molar-refractivity contribution in [3.05, 3.63) is 23.7 Å². The van der Waals surface area contributed by atoms with Crippen molar-refractivity contribution in [1.29, 1.82) is 5.26 Å². The van der Waals surface area contributed by atoms with Gasteiger partial charge in [0, 0.05) is 6.42 Å². The van der Waals surface area contributed by atoms with Crippen LogP contribution in [0.25, 0.3) is 11.2 Å². The zero-order chi connectivity index (χ0) is 9.26. The number of aryl methyl sites for hydroxylation is 1. The normalized spacial score (nSPS) is 10.2. The summed E-state index contributed by atoms with van der Waals surface area (Å²) in [6.45, 7) is 2.02. The molecule has 4 heteroatoms. The molecule has 2 heterocycles. The lowest BCUT2D eigenvalue weighted by Crippen LogP contribution is -1.82. The Bertz CT molecular complexity index is 478. The predicted molar refractivity (Wildman–Crippen MR) is 48.0 cm³/mol. The van der Waals surface area contributed by atoms with Crippen LogP contribution in [-0.4, -0.2) is 15.0 Å². The van der Waals surface area contributed by atoms with Crippen molar-refractivity contribution in [2.24, 2.45) is 0 Å². The Hall–Kier alpha value is -1.89. The first-order valence-corrected chi connectivity index (χ1v) is 4.09. The maximum absolute atomic E-state index is 8.61. The van der Waals surface area contributed by atoms with Gasteiger partial charge in [-0.3, -0.25) is 0 Å². The summed E-state index contributed by atoms with van der Waals surface area (Å²) in [5, 5.41) is 8.61. The van der Waals surface area contributed by atoms with Crippen molar-refractivity contribution in [3.63, 3.8) is 0 Å². The highest BCUT2D eigenvalue weighted by atomic mass is 15.0. The molecule has 2 aromatic rings. The van der Waals surface area contributed by atoms with Crippen molar-refractivity contribution < 1.29 is 0 Å². The molecule has 0 spiro atoms. The summed E-state index contributed by atoms with van der Waals surface area (Å²) in [6, 6.07) is 5.49. The summed E-state index contributed by atoms with van der Waals surface area (Å²) in [7, 11) is 0. The van der Waals surface area contributed by atoms with Crippen LogP contribution in [0.1, 0.15) is 18.4 Å². The molecule has 64 valence electrons. The second-order valence-electron chi connectivity index (χ2n) is 2.72. The minimum atomic E-state index is 0.404. The smallest absolute Gasteiger partial charge is 0.178 e. The number of aromatic amines is 1. The van der Waals surface area contributed by atoms with Gasteiger partial charge >= 0.3 is 0 Å². The lowest BCUT2D eigenvalue weighted by atomic mass is 10.3. The third kappa shape index (κ3) is 1.25. The van der Waals surface area contributed by atoms with Crippen LogP contribution in [0, 0.1) is 11.3 Å². The number of fused-ring (bicyclic) bond motifs is 1. The van der Waals surface area contributed by atoms with E-state index in [0.29, 0.717) is 11.3 Å². The summed E-state index contributed by atoms with van der Waals surface area (Å²) in [4.78, 5) is 11.4. The highest BCUT2D eigenvalue weighted by Crippen LogP contribution is 2.09. The van der Waals surface area contributed by atoms with E-state index in [9.17, 15) is 0 Å². The lowest BCUT2D eigenvalue weighted by Gasteiger charge is -1.86. The number of H-pyrrole nitrogens is 1. The fourth-order valence-electron chi connectivity index (χ4n) is 1.17. The Morgan fingerprint density at radius 2 is 2.31 bits per heavy atom. The van der Waals surface area contributed by atoms with E-state index in [1.165, 1.54) is 0 Å². The third-order valence-electron chi connectivity index (χ3n) is 1.84. The number of nitrogens with zero attached hydrogens (tertiary/aromatic N) is 3. The molecule has 0 unspecified atom stereocenters. The van der Waals surface area contributed by atoms with Crippen LogP contribution in [0.15, 0.2) is 12.1 Å². The van der Waals surface area contributed by atoms with Gasteiger partial charge in [0.1, 0.15) is 17.6 Å². The van der Waals surface area contributed by atoms with E-state index in [-0.39, 0.29) is 0 Å². The fourth-order valence-corrected chi connectivity index (χ4v) is 1.17. The van der Waals surface area contributed by atoms with Gasteiger partial charge in [-0.1, -0.05) is 6.92 Å². The van der Waals surface area contributed by atoms with Gasteiger partial charge in [-0.05, 0) is 12.1 Å². The molecule has 13 heavy (non-hydrogen) atoms. The number of hydrogen-bond donors (Lipinski definition) is 1. The van der Waals surface area contributed by atoms with Crippen LogP contribution in [0.2, 0.25) is 0 Å². The molecule has 0 aliphatic heterocycles. The third-order valence-corrected chi connectivity index (χ3v) is 1.84. The number of nitrogens with one attached hydrogen (secondary N) is 1. The Morgan fingerprint density at radius 3 is 3.00 bits per heavy atom. The van der Waals surface area contributed by atoms with Gasteiger partial charge in [0.2, 0.25) is 0 Å². The standard InChI is InChI=1S/C9H8N4/c1-2-8-12-7-4-3-6(5-10)11-9(7)13-8/h3-4H,2H2,1H3,(H,11,12,13). The summed E-state index contributed by atoms with van der Waals surface area (Å²) in [5.41, 5.74) is 1.91. The molecule has 2 rings (SSSR count). The molecule has 0 aliphatic rings. The molecule has 0 atom stereocenters. The summed E-state index contributed by atoms with van der Waals surface area (Å²) < 4.78 is 0. The Kier molecular flexibility index (Phi) is 1.71. The molecule has 0 saturated heterocycles. The van der Waals surface area contributed by atoms with Gasteiger partial charge in [0.25, 0.3) is 0 Å². The molecule has 0 aliphatic carbocycles. The second-order valence-corrected chi connectivity index (χ2v) is 2.72. The van der Waals surface area contributed by atoms with Crippen molar-refractivity contribution in [1.82, 2.24) is 15.0 Å². The summed E-state index contributed by atoms with van der Waals surface area (Å²) in [6.07, 6.45) is 0.845. The second kappa shape index (κ2) is 2.87. The largest absolute Gasteiger partial charge is 0.341 e. The highest BCUT2D eigenvalue weighted by Gasteiger charge is 2.02. The van der Waals surface area contributed by atoms with Gasteiger partial charge < -0.3 is 4.98 Å². The Morgan fingerprint density at radius 1 is 1.46 bits per heavy atom. The molecule has 0 amide bonds. The van der Waals surface area contributed by atoms with Crippen molar-refractivity contribution in [3.8, 4) is 6.07 Å². The first-order valence-electron chi connectivity index (χ1n) is 4.09. The van der Waals surface area contributed by atoms with Gasteiger partial charge in [0.05, 0.1) is 5.52 Å². The van der Waals surface area contributed by atoms with E-state index in [1.54, 1.807) is 6.07 Å². The van der Waals surface area contributed by atoms with Crippen LogP contribution in [0.3, 0.4) is 0 Å². The van der Waals surface area contributed by atoms with Crippen LogP contribution in [0.5, 0.6) is 0 Å². The Labute approximate surface area is 75.2 Å². The van der Waals surface area contributed by atoms with Crippen LogP contribution < -0.4 is 0 Å². The lowest BCUT2D eigenvalue weighted by molar-refractivity contribution is 0.997. The number of hydrogen-bond acceptors (Lipinski definition) is 3. The zero-order valence-electron chi connectivity index (χ0n) is 7.20. The predicted octanol–water partition coefficient (Wildman–Crippen LogP) is 1.39. The molecule has 0 radical (unpaired) electrons. The summed E-state index contributed by atoms with van der Waals surface area (Å²) in [5.74, 6) is 0.901. The first kappa shape index (κ1) is 7.74. The van der Waals surface area contributed by atoms with E-state index in [0.717, 1.165) is 17.8 Å². The van der Waals surface area contributed by atoms with Gasteiger partial charge in [-0.2, -0.15) is 5.26 Å². The zero-order valence-corrected chi connectivity index (χ0v) is 7.20. The molecule has 4 nitrogen and oxygen atoms in total. The first-order chi connectivity index (χ1) is 6.33. The van der Waals surface area contributed by atoms with E-state index in [1.807, 2.05) is 19.1 Å². The van der Waals surface area contributed by atoms with Gasteiger partial charge in [-0.15, -0.1) is 0 Å². The number of pyridine rings is 1. The van der Waals surface area contributed by atoms with Crippen molar-refractivity contribution in [2.75, 3.05) is 0 Å². The molecular formula is C9H8N4. The van der Waals surface area contributed by atoms with E-state index < -0.39 is 0 Å². The molecule has 0 bridgehead atoms. The molecular weight excluding hydrogens is 164 g/mol. The van der Waals surface area contributed by atoms with Crippen molar-refractivity contribution >= 4 is 11.2 Å². The van der Waals surface area contributed by atoms with Crippen molar-refractivity contribution in [2.45, 2.75) is 13.3 Å². The SMILES string of the molecule is CCc1nc2nc(C#N)ccc2[nH]1. The minimum Gasteiger partial charge on any atom is -0.341 e. The van der Waals surface area contributed by atoms with Crippen LogP contribution >= 0.6 is 0 Å². The van der Waals surface area contributed by atoms with E-state index in [2.05, 4.69) is 15.0 Å². The molecule has 0 fully saturated rings. The number of aromatic nitrogens is 3. The van der Waals surface area contributed by atoms with Gasteiger partial charge in [0.15, 0.2) is 5.65 Å². The average Bonchev–Trinajstić information content (AvgIpc) is 2.58. The molecule has 1 N–H and O–H groups in total. The summed E-state index contributed by atoms with van der Waals surface area (Å²) >= 11 is 0. The number of rotatable bonds is 1. The minimum absolute atomic E-state index is 0.404. The topological polar surface area (TPSA) is 65.4 Å². The maximum atomic E-state index is 8.61. The van der Waals surface area contributed by atoms with E-state index >= 15 is 0 Å². The monoisotopic (exact) mass is 172 g/mol. The Balaban J connectivity index is 2.65. The molecule has 2 aromatic heterocycles. The molecule has 0 saturated carbocycles. The number of nitriles is 1. The van der Waals surface area contributed by atoms with Crippen LogP contribution in [-0.2, 0) is 6.42 Å². The highest BCUT2D eigenvalue weighted by molar-refractivity contribution is 5.71. The van der Waals surface area contributed by atoms with Gasteiger partial charge in [-0.25, -0.2) is 9.97 Å². The number of imidazole rings is 1.